The molecule has 0 radical (unpaired) electrons. The number of nitrogens with zero attached hydrogens (tertiary/aromatic N) is 6. The average molecular weight is 621 g/mol. The molecule has 0 fully saturated rings. The van der Waals surface area contributed by atoms with Gasteiger partial charge in [0.15, 0.2) is 0 Å². The van der Waals surface area contributed by atoms with Crippen LogP contribution in [0.4, 0.5) is 0 Å². The van der Waals surface area contributed by atoms with Gasteiger partial charge in [-0.05, 0) is 60.7 Å². The maximum Gasteiger partial charge on any atom is 0.282 e. The molecule has 0 saturated carbocycles. The lowest BCUT2D eigenvalue weighted by atomic mass is 10.1. The Bertz CT molecular complexity index is 2790. The molecule has 0 unspecified atom stereocenters. The summed E-state index contributed by atoms with van der Waals surface area (Å²) in [5.74, 6) is 1.55. The second-order valence-electron chi connectivity index (χ2n) is 11.9. The minimum atomic E-state index is -0.363. The van der Waals surface area contributed by atoms with E-state index in [4.69, 9.17) is 9.97 Å². The predicted molar refractivity (Wildman–Crippen MR) is 190 cm³/mol. The van der Waals surface area contributed by atoms with Gasteiger partial charge in [-0.25, -0.2) is 14.5 Å². The van der Waals surface area contributed by atoms with Gasteiger partial charge in [0.1, 0.15) is 11.6 Å². The van der Waals surface area contributed by atoms with Gasteiger partial charge in [-0.2, -0.15) is 4.52 Å². The maximum atomic E-state index is 14.0. The van der Waals surface area contributed by atoms with Gasteiger partial charge in [0.05, 0.1) is 43.9 Å². The van der Waals surface area contributed by atoms with Crippen LogP contribution in [0.5, 0.6) is 0 Å². The number of hydrogen-bond acceptors (Lipinski definition) is 4. The summed E-state index contributed by atoms with van der Waals surface area (Å²) in [5, 5.41) is 0.915. The van der Waals surface area contributed by atoms with Gasteiger partial charge in [0.2, 0.25) is 0 Å². The van der Waals surface area contributed by atoms with E-state index in [2.05, 4.69) is 9.13 Å². The van der Waals surface area contributed by atoms with Crippen molar-refractivity contribution in [3.63, 3.8) is 0 Å². The van der Waals surface area contributed by atoms with Gasteiger partial charge < -0.3 is 0 Å². The van der Waals surface area contributed by atoms with Crippen molar-refractivity contribution in [1.29, 1.82) is 0 Å². The second-order valence-corrected chi connectivity index (χ2v) is 11.9. The molecule has 10 rings (SSSR count). The topological polar surface area (TPSA) is 78.6 Å². The first-order chi connectivity index (χ1) is 23.7. The van der Waals surface area contributed by atoms with E-state index in [9.17, 15) is 9.59 Å². The van der Waals surface area contributed by atoms with Crippen LogP contribution in [0.25, 0.3) is 78.0 Å². The summed E-state index contributed by atoms with van der Waals surface area (Å²) in [6.45, 7) is 0. The van der Waals surface area contributed by atoms with Crippen molar-refractivity contribution >= 4 is 43.9 Å². The lowest BCUT2D eigenvalue weighted by Gasteiger charge is -2.10. The SMILES string of the molecule is O=c1c2cc(-n3c(-c4ccccc4)nc4ccccc43)ccc2n2c3ccc(-n4c(-c5ccccc5)nc5ccccc54)cc3c(=O)n12. The zero-order chi connectivity index (χ0) is 31.9. The van der Waals surface area contributed by atoms with Gasteiger partial charge in [0.25, 0.3) is 11.1 Å². The second kappa shape index (κ2) is 9.85. The number of imidazole rings is 2. The predicted octanol–water partition coefficient (Wildman–Crippen LogP) is 7.52. The molecule has 0 bridgehead atoms. The molecule has 0 amide bonds. The molecule has 0 saturated heterocycles. The van der Waals surface area contributed by atoms with Gasteiger partial charge in [-0.15, -0.1) is 0 Å². The Morgan fingerprint density at radius 3 is 1.27 bits per heavy atom. The largest absolute Gasteiger partial charge is 0.292 e. The summed E-state index contributed by atoms with van der Waals surface area (Å²) in [4.78, 5) is 38.0. The molecule has 0 atom stereocenters. The zero-order valence-corrected chi connectivity index (χ0v) is 25.4. The quantitative estimate of drug-likeness (QED) is 0.204. The van der Waals surface area contributed by atoms with Crippen LogP contribution >= 0.6 is 0 Å². The van der Waals surface area contributed by atoms with Crippen molar-refractivity contribution in [1.82, 2.24) is 28.1 Å². The van der Waals surface area contributed by atoms with Crippen molar-refractivity contribution in [3.05, 3.63) is 166 Å². The summed E-state index contributed by atoms with van der Waals surface area (Å²) in [5.41, 5.74) is 7.67. The Morgan fingerprint density at radius 1 is 0.396 bits per heavy atom. The Labute approximate surface area is 272 Å². The highest BCUT2D eigenvalue weighted by atomic mass is 16.2. The molecule has 8 heteroatoms. The Hall–Kier alpha value is -6.80. The molecule has 0 aliphatic carbocycles. The first kappa shape index (κ1) is 26.4. The lowest BCUT2D eigenvalue weighted by Crippen LogP contribution is -2.21. The minimum absolute atomic E-state index is 0.363. The van der Waals surface area contributed by atoms with Gasteiger partial charge >= 0.3 is 0 Å². The van der Waals surface area contributed by atoms with Crippen molar-refractivity contribution in [2.24, 2.45) is 0 Å². The van der Waals surface area contributed by atoms with Crippen LogP contribution in [0.3, 0.4) is 0 Å². The smallest absolute Gasteiger partial charge is 0.282 e. The third-order valence-electron chi connectivity index (χ3n) is 9.16. The number of aromatic nitrogens is 6. The van der Waals surface area contributed by atoms with E-state index >= 15 is 0 Å². The molecule has 0 aliphatic heterocycles. The van der Waals surface area contributed by atoms with Crippen molar-refractivity contribution in [2.75, 3.05) is 0 Å². The standard InChI is InChI=1S/C40H24N6O2/c47-39-29-23-27(43-35-17-9-7-15-31(35)41-37(43)25-11-3-1-4-12-25)19-21-33(29)45-34-22-20-28(24-30(34)40(48)46(39)45)44-36-18-10-8-16-32(36)42-38(44)26-13-5-2-6-14-26/h1-24H. The normalized spacial score (nSPS) is 11.9. The first-order valence-corrected chi connectivity index (χ1v) is 15.7. The zero-order valence-electron chi connectivity index (χ0n) is 25.4. The van der Waals surface area contributed by atoms with E-state index in [-0.39, 0.29) is 11.1 Å². The summed E-state index contributed by atoms with van der Waals surface area (Å²) < 4.78 is 7.12. The van der Waals surface area contributed by atoms with Crippen LogP contribution in [0.2, 0.25) is 0 Å². The summed E-state index contributed by atoms with van der Waals surface area (Å²) in [6.07, 6.45) is 0. The highest BCUT2D eigenvalue weighted by molar-refractivity contribution is 5.92. The minimum Gasteiger partial charge on any atom is -0.292 e. The van der Waals surface area contributed by atoms with E-state index in [0.29, 0.717) is 21.8 Å². The molecule has 10 aromatic rings. The molecular formula is C40H24N6O2. The Balaban J connectivity index is 1.19. The Kier molecular flexibility index (Phi) is 5.42. The molecule has 226 valence electrons. The van der Waals surface area contributed by atoms with E-state index in [1.807, 2.05) is 146 Å². The van der Waals surface area contributed by atoms with E-state index in [1.165, 1.54) is 4.52 Å². The summed E-state index contributed by atoms with van der Waals surface area (Å²) >= 11 is 0. The van der Waals surface area contributed by atoms with Crippen LogP contribution in [-0.2, 0) is 0 Å². The third-order valence-corrected chi connectivity index (χ3v) is 9.16. The number of hydrogen-bond donors (Lipinski definition) is 0. The molecule has 4 heterocycles. The first-order valence-electron chi connectivity index (χ1n) is 15.7. The average Bonchev–Trinajstić information content (AvgIpc) is 3.88. The maximum absolute atomic E-state index is 14.0. The Morgan fingerprint density at radius 2 is 0.812 bits per heavy atom. The molecule has 0 aliphatic rings. The van der Waals surface area contributed by atoms with Crippen molar-refractivity contribution < 1.29 is 0 Å². The number of rotatable bonds is 4. The van der Waals surface area contributed by atoms with Crippen LogP contribution in [0.1, 0.15) is 0 Å². The van der Waals surface area contributed by atoms with Crippen LogP contribution < -0.4 is 11.1 Å². The third kappa shape index (κ3) is 3.65. The van der Waals surface area contributed by atoms with Crippen LogP contribution in [0.15, 0.2) is 155 Å². The fourth-order valence-electron chi connectivity index (χ4n) is 7.02. The molecule has 4 aromatic heterocycles. The number of benzene rings is 6. The molecule has 8 nitrogen and oxygen atoms in total. The number of fused-ring (bicyclic) bond motifs is 7. The summed E-state index contributed by atoms with van der Waals surface area (Å²) in [7, 11) is 0. The highest BCUT2D eigenvalue weighted by Gasteiger charge is 2.22. The van der Waals surface area contributed by atoms with Gasteiger partial charge in [-0.3, -0.25) is 18.7 Å². The fraction of sp³-hybridized carbons (Fsp3) is 0. The van der Waals surface area contributed by atoms with Crippen LogP contribution in [0, 0.1) is 0 Å². The molecular weight excluding hydrogens is 596 g/mol. The monoisotopic (exact) mass is 620 g/mol. The van der Waals surface area contributed by atoms with Crippen LogP contribution in [-0.4, -0.2) is 28.1 Å². The summed E-state index contributed by atoms with van der Waals surface area (Å²) in [6, 6.07) is 47.4. The highest BCUT2D eigenvalue weighted by Crippen LogP contribution is 2.32. The molecule has 0 N–H and O–H groups in total. The van der Waals surface area contributed by atoms with Crippen molar-refractivity contribution in [3.8, 4) is 34.2 Å². The van der Waals surface area contributed by atoms with Gasteiger partial charge in [-0.1, -0.05) is 84.9 Å². The molecule has 6 aromatic carbocycles. The van der Waals surface area contributed by atoms with E-state index in [0.717, 1.165) is 56.2 Å². The number of para-hydroxylation sites is 4. The van der Waals surface area contributed by atoms with Crippen molar-refractivity contribution in [2.45, 2.75) is 0 Å². The van der Waals surface area contributed by atoms with E-state index in [1.54, 1.807) is 4.52 Å². The molecule has 48 heavy (non-hydrogen) atoms. The van der Waals surface area contributed by atoms with Gasteiger partial charge in [0, 0.05) is 22.5 Å². The van der Waals surface area contributed by atoms with E-state index < -0.39 is 0 Å². The lowest BCUT2D eigenvalue weighted by molar-refractivity contribution is 0.841. The fourth-order valence-corrected chi connectivity index (χ4v) is 7.02. The molecule has 0 spiro atoms.